The molecule has 20 heavy (non-hydrogen) atoms. The molecule has 0 saturated heterocycles. The normalized spacial score (nSPS) is 10.7. The van der Waals surface area contributed by atoms with Crippen LogP contribution in [-0.4, -0.2) is 13.4 Å². The van der Waals surface area contributed by atoms with Crippen LogP contribution in [0.4, 0.5) is 0 Å². The predicted molar refractivity (Wildman–Crippen MR) is 78.6 cm³/mol. The van der Waals surface area contributed by atoms with Crippen molar-refractivity contribution >= 4 is 28.9 Å². The summed E-state index contributed by atoms with van der Waals surface area (Å²) in [5.41, 5.74) is 2.10. The van der Waals surface area contributed by atoms with E-state index in [4.69, 9.17) is 20.8 Å². The second kappa shape index (κ2) is 5.02. The van der Waals surface area contributed by atoms with Gasteiger partial charge in [0.05, 0.1) is 7.11 Å². The lowest BCUT2D eigenvalue weighted by molar-refractivity contribution is 0.112. The Kier molecular flexibility index (Phi) is 3.20. The summed E-state index contributed by atoms with van der Waals surface area (Å²) in [5.74, 6) is 1.25. The van der Waals surface area contributed by atoms with E-state index < -0.39 is 0 Å². The van der Waals surface area contributed by atoms with Crippen LogP contribution < -0.4 is 4.74 Å². The smallest absolute Gasteiger partial charge is 0.176 e. The van der Waals surface area contributed by atoms with Crippen molar-refractivity contribution in [2.24, 2.45) is 0 Å². The largest absolute Gasteiger partial charge is 0.493 e. The third kappa shape index (κ3) is 2.17. The van der Waals surface area contributed by atoms with Crippen molar-refractivity contribution in [2.45, 2.75) is 0 Å². The first-order valence-electron chi connectivity index (χ1n) is 6.04. The second-order valence-corrected chi connectivity index (χ2v) is 4.81. The summed E-state index contributed by atoms with van der Waals surface area (Å²) in [5, 5.41) is 1.50. The van der Waals surface area contributed by atoms with Gasteiger partial charge in [-0.15, -0.1) is 0 Å². The second-order valence-electron chi connectivity index (χ2n) is 4.38. The van der Waals surface area contributed by atoms with E-state index in [-0.39, 0.29) is 0 Å². The van der Waals surface area contributed by atoms with Crippen LogP contribution >= 0.6 is 11.6 Å². The standard InChI is InChI=1S/C16H11ClO3/c1-19-15-7-10(9-18)6-12-8-14(20-16(12)15)11-2-4-13(17)5-3-11/h2-9H,1H3. The van der Waals surface area contributed by atoms with Crippen molar-refractivity contribution in [1.82, 2.24) is 0 Å². The number of carbonyl (C=O) groups is 1. The van der Waals surface area contributed by atoms with Crippen LogP contribution in [-0.2, 0) is 0 Å². The molecule has 0 N–H and O–H groups in total. The molecule has 3 nitrogen and oxygen atoms in total. The SMILES string of the molecule is COc1cc(C=O)cc2cc(-c3ccc(Cl)cc3)oc12. The van der Waals surface area contributed by atoms with Gasteiger partial charge in [-0.2, -0.15) is 0 Å². The van der Waals surface area contributed by atoms with E-state index in [2.05, 4.69) is 0 Å². The van der Waals surface area contributed by atoms with E-state index in [1.807, 2.05) is 18.2 Å². The van der Waals surface area contributed by atoms with E-state index in [0.717, 1.165) is 17.2 Å². The summed E-state index contributed by atoms with van der Waals surface area (Å²) < 4.78 is 11.1. The highest BCUT2D eigenvalue weighted by molar-refractivity contribution is 6.30. The summed E-state index contributed by atoms with van der Waals surface area (Å²) in [6.45, 7) is 0. The van der Waals surface area contributed by atoms with E-state index in [1.54, 1.807) is 31.4 Å². The van der Waals surface area contributed by atoms with E-state index in [1.165, 1.54) is 0 Å². The molecule has 0 unspecified atom stereocenters. The van der Waals surface area contributed by atoms with Crippen molar-refractivity contribution in [3.63, 3.8) is 0 Å². The van der Waals surface area contributed by atoms with Gasteiger partial charge < -0.3 is 9.15 Å². The zero-order chi connectivity index (χ0) is 14.1. The Balaban J connectivity index is 2.19. The minimum Gasteiger partial charge on any atom is -0.493 e. The Labute approximate surface area is 120 Å². The molecule has 0 atom stereocenters. The number of aldehydes is 1. The highest BCUT2D eigenvalue weighted by atomic mass is 35.5. The Bertz CT molecular complexity index is 772. The minimum absolute atomic E-state index is 0.546. The first kappa shape index (κ1) is 12.8. The molecular formula is C16H11ClO3. The molecule has 0 spiro atoms. The molecule has 4 heteroatoms. The van der Waals surface area contributed by atoms with Gasteiger partial charge in [-0.1, -0.05) is 11.6 Å². The quantitative estimate of drug-likeness (QED) is 0.662. The van der Waals surface area contributed by atoms with Crippen molar-refractivity contribution in [3.05, 3.63) is 53.1 Å². The fourth-order valence-electron chi connectivity index (χ4n) is 2.12. The van der Waals surface area contributed by atoms with Gasteiger partial charge in [0.2, 0.25) is 0 Å². The van der Waals surface area contributed by atoms with Crippen LogP contribution in [0.15, 0.2) is 46.9 Å². The summed E-state index contributed by atoms with van der Waals surface area (Å²) in [4.78, 5) is 10.9. The Hall–Kier alpha value is -2.26. The summed E-state index contributed by atoms with van der Waals surface area (Å²) in [7, 11) is 1.55. The number of benzene rings is 2. The highest BCUT2D eigenvalue weighted by Gasteiger charge is 2.12. The van der Waals surface area contributed by atoms with Crippen molar-refractivity contribution in [2.75, 3.05) is 7.11 Å². The van der Waals surface area contributed by atoms with Crippen LogP contribution in [0.5, 0.6) is 5.75 Å². The van der Waals surface area contributed by atoms with Crippen LogP contribution in [0.2, 0.25) is 5.02 Å². The average Bonchev–Trinajstić information content (AvgIpc) is 2.90. The molecule has 0 saturated carbocycles. The number of hydrogen-bond acceptors (Lipinski definition) is 3. The topological polar surface area (TPSA) is 39.4 Å². The maximum atomic E-state index is 10.9. The molecule has 0 aliphatic rings. The van der Waals surface area contributed by atoms with Crippen molar-refractivity contribution in [1.29, 1.82) is 0 Å². The number of ether oxygens (including phenoxy) is 1. The highest BCUT2D eigenvalue weighted by Crippen LogP contribution is 2.34. The van der Waals surface area contributed by atoms with Gasteiger partial charge in [0.25, 0.3) is 0 Å². The van der Waals surface area contributed by atoms with Crippen LogP contribution in [0.1, 0.15) is 10.4 Å². The maximum Gasteiger partial charge on any atom is 0.176 e. The fraction of sp³-hybridized carbons (Fsp3) is 0.0625. The maximum absolute atomic E-state index is 10.9. The molecule has 0 bridgehead atoms. The molecule has 2 aromatic carbocycles. The zero-order valence-corrected chi connectivity index (χ0v) is 11.5. The molecule has 0 aliphatic heterocycles. The average molecular weight is 287 g/mol. The molecule has 100 valence electrons. The van der Waals surface area contributed by atoms with Crippen LogP contribution in [0.25, 0.3) is 22.3 Å². The number of carbonyl (C=O) groups excluding carboxylic acids is 1. The molecule has 1 heterocycles. The van der Waals surface area contributed by atoms with Gasteiger partial charge in [-0.05, 0) is 42.5 Å². The fourth-order valence-corrected chi connectivity index (χ4v) is 2.25. The lowest BCUT2D eigenvalue weighted by Crippen LogP contribution is -1.86. The summed E-state index contributed by atoms with van der Waals surface area (Å²) >= 11 is 5.88. The predicted octanol–water partition coefficient (Wildman–Crippen LogP) is 4.57. The Morgan fingerprint density at radius 1 is 1.15 bits per heavy atom. The molecule has 0 aliphatic carbocycles. The molecule has 0 amide bonds. The van der Waals surface area contributed by atoms with E-state index in [9.17, 15) is 4.79 Å². The first-order valence-corrected chi connectivity index (χ1v) is 6.42. The van der Waals surface area contributed by atoms with Gasteiger partial charge in [0, 0.05) is 21.5 Å². The van der Waals surface area contributed by atoms with Crippen LogP contribution in [0, 0.1) is 0 Å². The third-order valence-corrected chi connectivity index (χ3v) is 3.34. The van der Waals surface area contributed by atoms with Gasteiger partial charge in [0.15, 0.2) is 11.3 Å². The number of halogens is 1. The number of fused-ring (bicyclic) bond motifs is 1. The van der Waals surface area contributed by atoms with E-state index >= 15 is 0 Å². The Morgan fingerprint density at radius 2 is 1.90 bits per heavy atom. The molecule has 0 radical (unpaired) electrons. The van der Waals surface area contributed by atoms with Gasteiger partial charge in [-0.25, -0.2) is 0 Å². The van der Waals surface area contributed by atoms with Gasteiger partial charge in [0.1, 0.15) is 12.0 Å². The number of methoxy groups -OCH3 is 1. The molecule has 1 aromatic heterocycles. The summed E-state index contributed by atoms with van der Waals surface area (Å²) in [6.07, 6.45) is 0.789. The minimum atomic E-state index is 0.546. The summed E-state index contributed by atoms with van der Waals surface area (Å²) in [6, 6.07) is 12.7. The van der Waals surface area contributed by atoms with Gasteiger partial charge >= 0.3 is 0 Å². The number of furan rings is 1. The van der Waals surface area contributed by atoms with Crippen molar-refractivity contribution < 1.29 is 13.9 Å². The molecule has 3 rings (SSSR count). The van der Waals surface area contributed by atoms with E-state index in [0.29, 0.717) is 27.7 Å². The molecule has 0 fully saturated rings. The molecular weight excluding hydrogens is 276 g/mol. The zero-order valence-electron chi connectivity index (χ0n) is 10.7. The lowest BCUT2D eigenvalue weighted by Gasteiger charge is -2.01. The number of hydrogen-bond donors (Lipinski definition) is 0. The van der Waals surface area contributed by atoms with Gasteiger partial charge in [-0.3, -0.25) is 4.79 Å². The molecule has 3 aromatic rings. The third-order valence-electron chi connectivity index (χ3n) is 3.09. The van der Waals surface area contributed by atoms with Crippen molar-refractivity contribution in [3.8, 4) is 17.1 Å². The Morgan fingerprint density at radius 3 is 2.55 bits per heavy atom. The number of rotatable bonds is 3. The first-order chi connectivity index (χ1) is 9.71. The lowest BCUT2D eigenvalue weighted by atomic mass is 10.1. The monoisotopic (exact) mass is 286 g/mol. The van der Waals surface area contributed by atoms with Crippen LogP contribution in [0.3, 0.4) is 0 Å².